The molecular weight excluding hydrogens is 282 g/mol. The van der Waals surface area contributed by atoms with Crippen LogP contribution in [0.2, 0.25) is 0 Å². The number of rotatable bonds is 6. The second-order valence-electron chi connectivity index (χ2n) is 4.37. The number of thioether (sulfide) groups is 1. The van der Waals surface area contributed by atoms with E-state index < -0.39 is 0 Å². The highest BCUT2D eigenvalue weighted by molar-refractivity contribution is 7.98. The lowest BCUT2D eigenvalue weighted by Crippen LogP contribution is -2.35. The SMILES string of the molecule is COCCN(CCO)C(=O)c1cc2c(s1)CCSC2. The van der Waals surface area contributed by atoms with Crippen LogP contribution in [0.25, 0.3) is 0 Å². The lowest BCUT2D eigenvalue weighted by Gasteiger charge is -2.20. The van der Waals surface area contributed by atoms with E-state index >= 15 is 0 Å². The first kappa shape index (κ1) is 14.8. The topological polar surface area (TPSA) is 49.8 Å². The fourth-order valence-corrected chi connectivity index (χ4v) is 4.39. The molecule has 19 heavy (non-hydrogen) atoms. The molecule has 0 aromatic carbocycles. The van der Waals surface area contributed by atoms with E-state index in [-0.39, 0.29) is 12.5 Å². The molecule has 1 N–H and O–H groups in total. The molecule has 1 amide bonds. The summed E-state index contributed by atoms with van der Waals surface area (Å²) in [5.41, 5.74) is 1.31. The molecule has 0 spiro atoms. The predicted octanol–water partition coefficient (Wildman–Crippen LogP) is 1.62. The van der Waals surface area contributed by atoms with Crippen LogP contribution >= 0.6 is 23.1 Å². The zero-order valence-electron chi connectivity index (χ0n) is 11.1. The van der Waals surface area contributed by atoms with E-state index in [0.717, 1.165) is 22.8 Å². The van der Waals surface area contributed by atoms with Crippen LogP contribution in [0.15, 0.2) is 6.07 Å². The van der Waals surface area contributed by atoms with Crippen molar-refractivity contribution in [3.05, 3.63) is 21.4 Å². The Kier molecular flexibility index (Phi) is 5.69. The Hall–Kier alpha value is -0.560. The molecule has 0 saturated heterocycles. The quantitative estimate of drug-likeness (QED) is 0.867. The van der Waals surface area contributed by atoms with Gasteiger partial charge in [-0.15, -0.1) is 11.3 Å². The van der Waals surface area contributed by atoms with E-state index in [9.17, 15) is 4.79 Å². The second kappa shape index (κ2) is 7.28. The summed E-state index contributed by atoms with van der Waals surface area (Å²) in [6.07, 6.45) is 1.07. The number of aliphatic hydroxyl groups is 1. The smallest absolute Gasteiger partial charge is 0.264 e. The van der Waals surface area contributed by atoms with Gasteiger partial charge in [-0.2, -0.15) is 11.8 Å². The number of aryl methyl sites for hydroxylation is 1. The Morgan fingerprint density at radius 3 is 3.05 bits per heavy atom. The number of nitrogens with zero attached hydrogens (tertiary/aromatic N) is 1. The number of amides is 1. The van der Waals surface area contributed by atoms with E-state index in [1.54, 1.807) is 23.3 Å². The minimum Gasteiger partial charge on any atom is -0.395 e. The Balaban J connectivity index is 2.09. The maximum Gasteiger partial charge on any atom is 0.264 e. The molecule has 0 fully saturated rings. The van der Waals surface area contributed by atoms with Crippen LogP contribution in [0.3, 0.4) is 0 Å². The molecule has 0 radical (unpaired) electrons. The highest BCUT2D eigenvalue weighted by atomic mass is 32.2. The van der Waals surface area contributed by atoms with Crippen LogP contribution in [0.5, 0.6) is 0 Å². The number of hydrogen-bond donors (Lipinski definition) is 1. The second-order valence-corrected chi connectivity index (χ2v) is 6.61. The largest absolute Gasteiger partial charge is 0.395 e. The van der Waals surface area contributed by atoms with Crippen LogP contribution in [0.1, 0.15) is 20.1 Å². The molecule has 2 rings (SSSR count). The third kappa shape index (κ3) is 3.72. The summed E-state index contributed by atoms with van der Waals surface area (Å²) in [7, 11) is 1.61. The monoisotopic (exact) mass is 301 g/mol. The summed E-state index contributed by atoms with van der Waals surface area (Å²) < 4.78 is 5.01. The maximum absolute atomic E-state index is 12.4. The highest BCUT2D eigenvalue weighted by Gasteiger charge is 2.21. The molecule has 0 saturated carbocycles. The summed E-state index contributed by atoms with van der Waals surface area (Å²) in [6.45, 7) is 1.36. The van der Waals surface area contributed by atoms with Gasteiger partial charge in [0.05, 0.1) is 18.1 Å². The van der Waals surface area contributed by atoms with Gasteiger partial charge in [0.2, 0.25) is 0 Å². The van der Waals surface area contributed by atoms with Gasteiger partial charge < -0.3 is 14.7 Å². The number of hydrogen-bond acceptors (Lipinski definition) is 5. The van der Waals surface area contributed by atoms with Gasteiger partial charge in [0.1, 0.15) is 0 Å². The standard InChI is InChI=1S/C13H19NO3S2/c1-17-6-4-14(3-5-15)13(16)12-8-10-9-18-7-2-11(10)19-12/h8,15H,2-7,9H2,1H3. The summed E-state index contributed by atoms with van der Waals surface area (Å²) in [6, 6.07) is 2.02. The zero-order valence-corrected chi connectivity index (χ0v) is 12.7. The van der Waals surface area contributed by atoms with Gasteiger partial charge in [0.15, 0.2) is 0 Å². The van der Waals surface area contributed by atoms with E-state index in [0.29, 0.717) is 19.7 Å². The number of ether oxygens (including phenoxy) is 1. The van der Waals surface area contributed by atoms with E-state index in [1.807, 2.05) is 17.8 Å². The average molecular weight is 301 g/mol. The Bertz CT molecular complexity index is 410. The number of thiophene rings is 1. The molecule has 0 atom stereocenters. The van der Waals surface area contributed by atoms with Crippen molar-refractivity contribution in [1.29, 1.82) is 0 Å². The van der Waals surface area contributed by atoms with Crippen molar-refractivity contribution in [2.45, 2.75) is 12.2 Å². The number of methoxy groups -OCH3 is 1. The fourth-order valence-electron chi connectivity index (χ4n) is 2.05. The van der Waals surface area contributed by atoms with Crippen molar-refractivity contribution in [3.63, 3.8) is 0 Å². The zero-order chi connectivity index (χ0) is 13.7. The van der Waals surface area contributed by atoms with Crippen LogP contribution < -0.4 is 0 Å². The Labute approximate surface area is 121 Å². The normalized spacial score (nSPS) is 14.2. The van der Waals surface area contributed by atoms with Crippen molar-refractivity contribution in [3.8, 4) is 0 Å². The van der Waals surface area contributed by atoms with Crippen molar-refractivity contribution < 1.29 is 14.6 Å². The Morgan fingerprint density at radius 1 is 1.53 bits per heavy atom. The number of fused-ring (bicyclic) bond motifs is 1. The highest BCUT2D eigenvalue weighted by Crippen LogP contribution is 2.32. The third-order valence-corrected chi connectivity index (χ3v) is 5.29. The molecule has 1 aromatic rings. The summed E-state index contributed by atoms with van der Waals surface area (Å²) in [5.74, 6) is 2.16. The van der Waals surface area contributed by atoms with Crippen LogP contribution in [-0.4, -0.2) is 55.1 Å². The molecule has 1 aliphatic heterocycles. The van der Waals surface area contributed by atoms with Crippen molar-refractivity contribution in [2.75, 3.05) is 39.2 Å². The van der Waals surface area contributed by atoms with Crippen molar-refractivity contribution in [1.82, 2.24) is 4.90 Å². The van der Waals surface area contributed by atoms with Gasteiger partial charge in [-0.3, -0.25) is 4.79 Å². The molecule has 1 aromatic heterocycles. The van der Waals surface area contributed by atoms with E-state index in [1.165, 1.54) is 10.4 Å². The first-order chi connectivity index (χ1) is 9.26. The van der Waals surface area contributed by atoms with Crippen LogP contribution in [0.4, 0.5) is 0 Å². The molecule has 2 heterocycles. The lowest BCUT2D eigenvalue weighted by atomic mass is 10.2. The number of carbonyl (C=O) groups is 1. The summed E-state index contributed by atoms with van der Waals surface area (Å²) in [5, 5.41) is 9.06. The van der Waals surface area contributed by atoms with Gasteiger partial charge in [0.25, 0.3) is 5.91 Å². The van der Waals surface area contributed by atoms with Crippen molar-refractivity contribution >= 4 is 29.0 Å². The van der Waals surface area contributed by atoms with Gasteiger partial charge in [0, 0.05) is 30.8 Å². The molecule has 1 aliphatic rings. The average Bonchev–Trinajstić information content (AvgIpc) is 2.86. The van der Waals surface area contributed by atoms with Crippen LogP contribution in [0, 0.1) is 0 Å². The number of carbonyl (C=O) groups excluding carboxylic acids is 1. The predicted molar refractivity (Wildman–Crippen MR) is 79.1 cm³/mol. The van der Waals surface area contributed by atoms with E-state index in [4.69, 9.17) is 9.84 Å². The first-order valence-corrected chi connectivity index (χ1v) is 8.31. The molecule has 0 aliphatic carbocycles. The molecule has 0 unspecified atom stereocenters. The molecular formula is C13H19NO3S2. The van der Waals surface area contributed by atoms with Gasteiger partial charge in [-0.1, -0.05) is 0 Å². The minimum absolute atomic E-state index is 0.00972. The third-order valence-electron chi connectivity index (χ3n) is 3.06. The lowest BCUT2D eigenvalue weighted by molar-refractivity contribution is 0.0661. The van der Waals surface area contributed by atoms with Gasteiger partial charge >= 0.3 is 0 Å². The summed E-state index contributed by atoms with van der Waals surface area (Å²) in [4.78, 5) is 16.2. The number of aliphatic hydroxyl groups excluding tert-OH is 1. The minimum atomic E-state index is -0.0175. The molecule has 106 valence electrons. The first-order valence-electron chi connectivity index (χ1n) is 6.34. The molecule has 6 heteroatoms. The Morgan fingerprint density at radius 2 is 2.37 bits per heavy atom. The van der Waals surface area contributed by atoms with E-state index in [2.05, 4.69) is 0 Å². The fraction of sp³-hybridized carbons (Fsp3) is 0.615. The van der Waals surface area contributed by atoms with Crippen LogP contribution in [-0.2, 0) is 16.9 Å². The van der Waals surface area contributed by atoms with Gasteiger partial charge in [-0.05, 0) is 23.8 Å². The molecule has 0 bridgehead atoms. The maximum atomic E-state index is 12.4. The summed E-state index contributed by atoms with van der Waals surface area (Å²) >= 11 is 3.52. The van der Waals surface area contributed by atoms with Gasteiger partial charge in [-0.25, -0.2) is 0 Å². The molecule has 4 nitrogen and oxygen atoms in total. The van der Waals surface area contributed by atoms with Crippen molar-refractivity contribution in [2.24, 2.45) is 0 Å².